The lowest BCUT2D eigenvalue weighted by Crippen LogP contribution is -2.32. The highest BCUT2D eigenvalue weighted by Crippen LogP contribution is 2.46. The molecule has 1 amide bonds. The zero-order valence-electron chi connectivity index (χ0n) is 8.75. The Kier molecular flexibility index (Phi) is 3.14. The number of alkyl halides is 1. The third-order valence-electron chi connectivity index (χ3n) is 2.88. The van der Waals surface area contributed by atoms with Gasteiger partial charge in [-0.05, 0) is 24.3 Å². The molecule has 0 spiro atoms. The summed E-state index contributed by atoms with van der Waals surface area (Å²) >= 11 is 3.44. The maximum atomic E-state index is 11.7. The topological polar surface area (TPSA) is 62.0 Å². The highest BCUT2D eigenvalue weighted by molar-refractivity contribution is 9.09. The third kappa shape index (κ3) is 2.52. The molecule has 0 bridgehead atoms. The van der Waals surface area contributed by atoms with E-state index in [1.165, 1.54) is 6.07 Å². The van der Waals surface area contributed by atoms with E-state index in [1.54, 1.807) is 12.1 Å². The lowest BCUT2D eigenvalue weighted by Gasteiger charge is -2.12. The summed E-state index contributed by atoms with van der Waals surface area (Å²) < 4.78 is 0. The number of aromatic nitrogens is 1. The average molecular weight is 285 g/mol. The Morgan fingerprint density at radius 2 is 2.25 bits per heavy atom. The fourth-order valence-electron chi connectivity index (χ4n) is 1.48. The molecule has 16 heavy (non-hydrogen) atoms. The number of amides is 1. The Balaban J connectivity index is 1.96. The van der Waals surface area contributed by atoms with E-state index < -0.39 is 0 Å². The molecule has 0 atom stereocenters. The standard InChI is InChI=1S/C11H13BrN2O2/c12-6-11(4-5-11)7-13-10(16)8-2-1-3-9(15)14-8/h1-3H,4-7H2,(H,13,16)(H,14,15). The van der Waals surface area contributed by atoms with Crippen LogP contribution >= 0.6 is 15.9 Å². The van der Waals surface area contributed by atoms with E-state index in [0.29, 0.717) is 12.2 Å². The lowest BCUT2D eigenvalue weighted by molar-refractivity contribution is 0.0941. The first-order valence-corrected chi connectivity index (χ1v) is 6.31. The molecule has 1 fully saturated rings. The van der Waals surface area contributed by atoms with Crippen LogP contribution in [0.3, 0.4) is 0 Å². The van der Waals surface area contributed by atoms with Crippen LogP contribution < -0.4 is 10.9 Å². The number of H-pyrrole nitrogens is 1. The number of rotatable bonds is 4. The van der Waals surface area contributed by atoms with Gasteiger partial charge in [0.25, 0.3) is 5.91 Å². The van der Waals surface area contributed by atoms with Crippen LogP contribution in [-0.4, -0.2) is 22.8 Å². The van der Waals surface area contributed by atoms with Crippen molar-refractivity contribution >= 4 is 21.8 Å². The average Bonchev–Trinajstić information content (AvgIpc) is 3.07. The van der Waals surface area contributed by atoms with Gasteiger partial charge in [-0.1, -0.05) is 22.0 Å². The smallest absolute Gasteiger partial charge is 0.267 e. The Morgan fingerprint density at radius 3 is 2.81 bits per heavy atom. The van der Waals surface area contributed by atoms with E-state index in [9.17, 15) is 9.59 Å². The predicted molar refractivity (Wildman–Crippen MR) is 64.9 cm³/mol. The fraction of sp³-hybridized carbons (Fsp3) is 0.455. The van der Waals surface area contributed by atoms with Gasteiger partial charge in [-0.3, -0.25) is 9.59 Å². The molecule has 0 aromatic carbocycles. The summed E-state index contributed by atoms with van der Waals surface area (Å²) in [6, 6.07) is 4.56. The van der Waals surface area contributed by atoms with E-state index >= 15 is 0 Å². The first-order chi connectivity index (χ1) is 7.65. The minimum atomic E-state index is -0.255. The van der Waals surface area contributed by atoms with E-state index in [2.05, 4.69) is 26.2 Å². The second-order valence-corrected chi connectivity index (χ2v) is 4.81. The molecule has 0 saturated heterocycles. The molecule has 1 aliphatic rings. The van der Waals surface area contributed by atoms with Crippen LogP contribution in [0.25, 0.3) is 0 Å². The van der Waals surface area contributed by atoms with Gasteiger partial charge in [-0.15, -0.1) is 0 Å². The maximum Gasteiger partial charge on any atom is 0.267 e. The van der Waals surface area contributed by atoms with Crippen LogP contribution in [0.1, 0.15) is 23.3 Å². The summed E-state index contributed by atoms with van der Waals surface area (Å²) in [7, 11) is 0. The van der Waals surface area contributed by atoms with Gasteiger partial charge < -0.3 is 10.3 Å². The largest absolute Gasteiger partial charge is 0.350 e. The number of halogens is 1. The zero-order valence-corrected chi connectivity index (χ0v) is 10.3. The third-order valence-corrected chi connectivity index (χ3v) is 4.07. The molecule has 1 aromatic heterocycles. The van der Waals surface area contributed by atoms with Gasteiger partial charge in [-0.25, -0.2) is 0 Å². The van der Waals surface area contributed by atoms with E-state index in [1.807, 2.05) is 0 Å². The maximum absolute atomic E-state index is 11.7. The van der Waals surface area contributed by atoms with Crippen LogP contribution in [0.4, 0.5) is 0 Å². The molecule has 1 saturated carbocycles. The minimum Gasteiger partial charge on any atom is -0.350 e. The molecule has 1 heterocycles. The van der Waals surface area contributed by atoms with Crippen molar-refractivity contribution in [3.05, 3.63) is 34.2 Å². The summed E-state index contributed by atoms with van der Waals surface area (Å²) in [4.78, 5) is 25.2. The van der Waals surface area contributed by atoms with E-state index in [4.69, 9.17) is 0 Å². The monoisotopic (exact) mass is 284 g/mol. The van der Waals surface area contributed by atoms with Crippen molar-refractivity contribution < 1.29 is 4.79 Å². The van der Waals surface area contributed by atoms with Gasteiger partial charge >= 0.3 is 0 Å². The van der Waals surface area contributed by atoms with Crippen LogP contribution in [0.2, 0.25) is 0 Å². The Hall–Kier alpha value is -1.10. The Labute approximate surface area is 102 Å². The van der Waals surface area contributed by atoms with Crippen molar-refractivity contribution in [3.8, 4) is 0 Å². The summed E-state index contributed by atoms with van der Waals surface area (Å²) in [6.07, 6.45) is 2.29. The molecule has 4 nitrogen and oxygen atoms in total. The van der Waals surface area contributed by atoms with E-state index in [0.717, 1.165) is 18.2 Å². The fourth-order valence-corrected chi connectivity index (χ4v) is 2.24. The molecule has 0 aliphatic heterocycles. The molecule has 86 valence electrons. The lowest BCUT2D eigenvalue weighted by atomic mass is 10.1. The number of nitrogens with one attached hydrogen (secondary N) is 2. The van der Waals surface area contributed by atoms with Crippen LogP contribution in [-0.2, 0) is 0 Å². The van der Waals surface area contributed by atoms with Crippen molar-refractivity contribution in [1.29, 1.82) is 0 Å². The molecule has 0 radical (unpaired) electrons. The van der Waals surface area contributed by atoms with Gasteiger partial charge in [0.2, 0.25) is 5.56 Å². The molecular weight excluding hydrogens is 272 g/mol. The van der Waals surface area contributed by atoms with Gasteiger partial charge in [-0.2, -0.15) is 0 Å². The van der Waals surface area contributed by atoms with Gasteiger partial charge in [0.05, 0.1) is 0 Å². The molecule has 2 rings (SSSR count). The van der Waals surface area contributed by atoms with Crippen LogP contribution in [0.15, 0.2) is 23.0 Å². The Morgan fingerprint density at radius 1 is 1.50 bits per heavy atom. The van der Waals surface area contributed by atoms with E-state index in [-0.39, 0.29) is 16.9 Å². The highest BCUT2D eigenvalue weighted by Gasteiger charge is 2.41. The Bertz CT molecular complexity index is 451. The second-order valence-electron chi connectivity index (χ2n) is 4.25. The van der Waals surface area contributed by atoms with Gasteiger partial charge in [0.1, 0.15) is 5.69 Å². The van der Waals surface area contributed by atoms with Crippen molar-refractivity contribution in [2.75, 3.05) is 11.9 Å². The summed E-state index contributed by atoms with van der Waals surface area (Å²) in [6.45, 7) is 0.661. The highest BCUT2D eigenvalue weighted by atomic mass is 79.9. The van der Waals surface area contributed by atoms with Crippen LogP contribution in [0.5, 0.6) is 0 Å². The minimum absolute atomic E-state index is 0.218. The molecule has 2 N–H and O–H groups in total. The number of carbonyl (C=O) groups is 1. The van der Waals surface area contributed by atoms with Crippen molar-refractivity contribution in [1.82, 2.24) is 10.3 Å². The molecule has 5 heteroatoms. The van der Waals surface area contributed by atoms with Crippen molar-refractivity contribution in [3.63, 3.8) is 0 Å². The van der Waals surface area contributed by atoms with Gasteiger partial charge in [0.15, 0.2) is 0 Å². The SMILES string of the molecule is O=C(NCC1(CBr)CC1)c1cccc(=O)[nH]1. The zero-order chi connectivity index (χ0) is 11.6. The first kappa shape index (κ1) is 11.4. The summed E-state index contributed by atoms with van der Waals surface area (Å²) in [5.74, 6) is -0.218. The molecule has 1 aromatic rings. The second kappa shape index (κ2) is 4.41. The predicted octanol–water partition coefficient (Wildman–Crippen LogP) is 1.28. The first-order valence-electron chi connectivity index (χ1n) is 5.19. The summed E-state index contributed by atoms with van der Waals surface area (Å²) in [5.41, 5.74) is 0.303. The number of carbonyl (C=O) groups excluding carboxylic acids is 1. The molecular formula is C11H13BrN2O2. The quantitative estimate of drug-likeness (QED) is 0.819. The normalized spacial score (nSPS) is 16.8. The number of aromatic amines is 1. The number of hydrogen-bond donors (Lipinski definition) is 2. The summed E-state index contributed by atoms with van der Waals surface area (Å²) in [5, 5.41) is 3.75. The number of hydrogen-bond acceptors (Lipinski definition) is 2. The van der Waals surface area contributed by atoms with Crippen molar-refractivity contribution in [2.24, 2.45) is 5.41 Å². The van der Waals surface area contributed by atoms with Crippen molar-refractivity contribution in [2.45, 2.75) is 12.8 Å². The number of pyridine rings is 1. The van der Waals surface area contributed by atoms with Gasteiger partial charge in [0, 0.05) is 17.9 Å². The molecule has 1 aliphatic carbocycles. The molecule has 0 unspecified atom stereocenters. The van der Waals surface area contributed by atoms with Crippen LogP contribution in [0, 0.1) is 5.41 Å².